The number of amides is 1. The molecule has 0 saturated heterocycles. The maximum atomic E-state index is 13.4. The topological polar surface area (TPSA) is 58.4 Å². The van der Waals surface area contributed by atoms with Crippen LogP contribution in [-0.4, -0.2) is 37.0 Å². The van der Waals surface area contributed by atoms with Crippen LogP contribution in [0, 0.1) is 5.82 Å². The van der Waals surface area contributed by atoms with E-state index in [-0.39, 0.29) is 5.02 Å². The molecule has 1 amide bonds. The van der Waals surface area contributed by atoms with E-state index in [1.54, 1.807) is 6.07 Å². The van der Waals surface area contributed by atoms with Crippen LogP contribution in [0.2, 0.25) is 5.02 Å². The minimum absolute atomic E-state index is 0.0279. The number of likely N-dealkylation sites (N-methyl/N-ethyl adjacent to an activating group) is 1. The summed E-state index contributed by atoms with van der Waals surface area (Å²) in [6.45, 7) is 7.42. The second kappa shape index (κ2) is 8.19. The van der Waals surface area contributed by atoms with Crippen molar-refractivity contribution in [2.75, 3.05) is 26.2 Å². The molecular formula is C14H21ClFN3O. The third kappa shape index (κ3) is 4.74. The van der Waals surface area contributed by atoms with Gasteiger partial charge in [-0.15, -0.1) is 0 Å². The summed E-state index contributed by atoms with van der Waals surface area (Å²) in [6, 6.07) is 3.55. The highest BCUT2D eigenvalue weighted by atomic mass is 35.5. The zero-order valence-electron chi connectivity index (χ0n) is 11.8. The van der Waals surface area contributed by atoms with Gasteiger partial charge in [-0.05, 0) is 30.8 Å². The average molecular weight is 302 g/mol. The van der Waals surface area contributed by atoms with E-state index in [2.05, 4.69) is 24.1 Å². The van der Waals surface area contributed by atoms with Crippen LogP contribution in [0.5, 0.6) is 0 Å². The van der Waals surface area contributed by atoms with Crippen molar-refractivity contribution in [1.82, 2.24) is 10.2 Å². The van der Waals surface area contributed by atoms with E-state index >= 15 is 0 Å². The number of rotatable bonds is 8. The second-order valence-corrected chi connectivity index (χ2v) is 4.90. The highest BCUT2D eigenvalue weighted by Gasteiger charge is 2.18. The molecule has 1 aromatic rings. The number of hydrogen-bond acceptors (Lipinski definition) is 3. The van der Waals surface area contributed by atoms with Gasteiger partial charge in [0, 0.05) is 13.1 Å². The quantitative estimate of drug-likeness (QED) is 0.771. The zero-order valence-corrected chi connectivity index (χ0v) is 12.6. The number of halogens is 2. The molecule has 0 aromatic heterocycles. The predicted molar refractivity (Wildman–Crippen MR) is 79.1 cm³/mol. The summed E-state index contributed by atoms with van der Waals surface area (Å²) in [4.78, 5) is 13.7. The van der Waals surface area contributed by atoms with Gasteiger partial charge in [0.05, 0.1) is 5.02 Å². The first-order valence-corrected chi connectivity index (χ1v) is 7.07. The molecule has 0 aliphatic rings. The van der Waals surface area contributed by atoms with Gasteiger partial charge < -0.3 is 16.0 Å². The number of carbonyl (C=O) groups excluding carboxylic acids is 1. The Kier molecular flexibility index (Phi) is 6.91. The zero-order chi connectivity index (χ0) is 15.1. The second-order valence-electron chi connectivity index (χ2n) is 4.49. The van der Waals surface area contributed by atoms with E-state index in [4.69, 9.17) is 17.3 Å². The molecule has 112 valence electrons. The van der Waals surface area contributed by atoms with Gasteiger partial charge >= 0.3 is 0 Å². The predicted octanol–water partition coefficient (Wildman–Crippen LogP) is 1.94. The van der Waals surface area contributed by atoms with Crippen LogP contribution >= 0.6 is 11.6 Å². The maximum Gasteiger partial charge on any atom is 0.239 e. The molecule has 1 rings (SSSR count). The molecule has 0 fully saturated rings. The van der Waals surface area contributed by atoms with E-state index in [0.29, 0.717) is 12.1 Å². The Morgan fingerprint density at radius 2 is 2.10 bits per heavy atom. The molecule has 0 bridgehead atoms. The van der Waals surface area contributed by atoms with Crippen molar-refractivity contribution in [3.05, 3.63) is 34.6 Å². The molecule has 0 radical (unpaired) electrons. The lowest BCUT2D eigenvalue weighted by molar-refractivity contribution is -0.120. The van der Waals surface area contributed by atoms with Crippen LogP contribution in [0.4, 0.5) is 4.39 Å². The maximum absolute atomic E-state index is 13.4. The molecule has 3 N–H and O–H groups in total. The van der Waals surface area contributed by atoms with Crippen LogP contribution in [0.1, 0.15) is 25.5 Å². The van der Waals surface area contributed by atoms with Gasteiger partial charge in [-0.25, -0.2) is 4.39 Å². The molecule has 1 aromatic carbocycles. The van der Waals surface area contributed by atoms with Gasteiger partial charge in [0.25, 0.3) is 0 Å². The van der Waals surface area contributed by atoms with Gasteiger partial charge in [-0.2, -0.15) is 0 Å². The van der Waals surface area contributed by atoms with Crippen molar-refractivity contribution in [1.29, 1.82) is 0 Å². The Hall–Kier alpha value is -1.17. The highest BCUT2D eigenvalue weighted by molar-refractivity contribution is 6.30. The summed E-state index contributed by atoms with van der Waals surface area (Å²) in [5.41, 5.74) is 5.85. The van der Waals surface area contributed by atoms with Crippen molar-refractivity contribution in [2.45, 2.75) is 19.9 Å². The van der Waals surface area contributed by atoms with E-state index in [1.807, 2.05) is 0 Å². The number of carbonyl (C=O) groups is 1. The minimum Gasteiger partial charge on any atom is -0.368 e. The fourth-order valence-electron chi connectivity index (χ4n) is 1.98. The Morgan fingerprint density at radius 3 is 2.60 bits per heavy atom. The molecule has 0 heterocycles. The average Bonchev–Trinajstić information content (AvgIpc) is 2.42. The molecule has 4 nitrogen and oxygen atoms in total. The lowest BCUT2D eigenvalue weighted by Gasteiger charge is -2.21. The summed E-state index contributed by atoms with van der Waals surface area (Å²) in [6.07, 6.45) is 0. The molecular weight excluding hydrogens is 281 g/mol. The van der Waals surface area contributed by atoms with Crippen LogP contribution in [-0.2, 0) is 4.79 Å². The third-order valence-corrected chi connectivity index (χ3v) is 3.54. The number of nitrogens with zero attached hydrogens (tertiary/aromatic N) is 1. The smallest absolute Gasteiger partial charge is 0.239 e. The molecule has 0 saturated carbocycles. The van der Waals surface area contributed by atoms with E-state index in [0.717, 1.165) is 19.6 Å². The number of primary amides is 1. The molecule has 0 aliphatic carbocycles. The monoisotopic (exact) mass is 301 g/mol. The van der Waals surface area contributed by atoms with Crippen molar-refractivity contribution >= 4 is 17.5 Å². The summed E-state index contributed by atoms with van der Waals surface area (Å²) < 4.78 is 13.4. The minimum atomic E-state index is -0.711. The van der Waals surface area contributed by atoms with Gasteiger partial charge in [0.1, 0.15) is 11.9 Å². The lowest BCUT2D eigenvalue weighted by Crippen LogP contribution is -2.38. The first-order valence-electron chi connectivity index (χ1n) is 6.69. The molecule has 0 aliphatic heterocycles. The third-order valence-electron chi connectivity index (χ3n) is 3.23. The van der Waals surface area contributed by atoms with Gasteiger partial charge in [-0.3, -0.25) is 4.79 Å². The summed E-state index contributed by atoms with van der Waals surface area (Å²) in [5.74, 6) is -1.09. The fourth-order valence-corrected chi connectivity index (χ4v) is 2.10. The Balaban J connectivity index is 2.69. The SMILES string of the molecule is CCN(CC)CCNC(C(N)=O)c1ccc(Cl)c(F)c1. The van der Waals surface area contributed by atoms with Crippen LogP contribution in [0.15, 0.2) is 18.2 Å². The highest BCUT2D eigenvalue weighted by Crippen LogP contribution is 2.20. The van der Waals surface area contributed by atoms with Crippen molar-refractivity contribution in [3.8, 4) is 0 Å². The Labute approximate surface area is 124 Å². The molecule has 1 unspecified atom stereocenters. The summed E-state index contributed by atoms with van der Waals surface area (Å²) in [5, 5.41) is 3.08. The first-order chi connectivity index (χ1) is 9.49. The molecule has 0 spiro atoms. The molecule has 6 heteroatoms. The standard InChI is InChI=1S/C14H21ClFN3O/c1-3-19(4-2)8-7-18-13(14(17)20)10-5-6-11(15)12(16)9-10/h5-6,9,13,18H,3-4,7-8H2,1-2H3,(H2,17,20). The first kappa shape index (κ1) is 16.9. The number of benzene rings is 1. The lowest BCUT2D eigenvalue weighted by atomic mass is 10.1. The fraction of sp³-hybridized carbons (Fsp3) is 0.500. The van der Waals surface area contributed by atoms with Gasteiger partial charge in [0.2, 0.25) is 5.91 Å². The van der Waals surface area contributed by atoms with Gasteiger partial charge in [-0.1, -0.05) is 31.5 Å². The van der Waals surface area contributed by atoms with Gasteiger partial charge in [0.15, 0.2) is 0 Å². The summed E-state index contributed by atoms with van der Waals surface area (Å²) >= 11 is 5.63. The van der Waals surface area contributed by atoms with E-state index in [1.165, 1.54) is 12.1 Å². The Bertz CT molecular complexity index is 452. The normalized spacial score (nSPS) is 12.7. The van der Waals surface area contributed by atoms with Crippen molar-refractivity contribution in [2.24, 2.45) is 5.73 Å². The number of nitrogens with one attached hydrogen (secondary N) is 1. The molecule has 20 heavy (non-hydrogen) atoms. The van der Waals surface area contributed by atoms with E-state index < -0.39 is 17.8 Å². The molecule has 1 atom stereocenters. The van der Waals surface area contributed by atoms with Crippen LogP contribution in [0.25, 0.3) is 0 Å². The van der Waals surface area contributed by atoms with Crippen molar-refractivity contribution in [3.63, 3.8) is 0 Å². The number of hydrogen-bond donors (Lipinski definition) is 2. The number of nitrogens with two attached hydrogens (primary N) is 1. The van der Waals surface area contributed by atoms with Crippen molar-refractivity contribution < 1.29 is 9.18 Å². The van der Waals surface area contributed by atoms with E-state index in [9.17, 15) is 9.18 Å². The van der Waals surface area contributed by atoms with Crippen LogP contribution < -0.4 is 11.1 Å². The van der Waals surface area contributed by atoms with Crippen LogP contribution in [0.3, 0.4) is 0 Å². The summed E-state index contributed by atoms with van der Waals surface area (Å²) in [7, 11) is 0. The Morgan fingerprint density at radius 1 is 1.45 bits per heavy atom. The largest absolute Gasteiger partial charge is 0.368 e.